The summed E-state index contributed by atoms with van der Waals surface area (Å²) < 4.78 is 0. The van der Waals surface area contributed by atoms with Crippen molar-refractivity contribution in [2.45, 2.75) is 45.2 Å². The fourth-order valence-electron chi connectivity index (χ4n) is 1.75. The van der Waals surface area contributed by atoms with Crippen LogP contribution in [0.25, 0.3) is 0 Å². The topological polar surface area (TPSA) is 38.0 Å². The average Bonchev–Trinajstić information content (AvgIpc) is 2.31. The van der Waals surface area contributed by atoms with Crippen LogP contribution < -0.4 is 11.1 Å². The minimum atomic E-state index is 0.297. The molecule has 1 aliphatic rings. The summed E-state index contributed by atoms with van der Waals surface area (Å²) in [4.78, 5) is 0. The minimum absolute atomic E-state index is 0.297. The molecule has 3 N–H and O–H groups in total. The Morgan fingerprint density at radius 2 is 2.27 bits per heavy atom. The van der Waals surface area contributed by atoms with E-state index in [2.05, 4.69) is 12.2 Å². The third kappa shape index (κ3) is 3.21. The summed E-state index contributed by atoms with van der Waals surface area (Å²) in [7, 11) is 0. The van der Waals surface area contributed by atoms with E-state index >= 15 is 0 Å². The maximum atomic E-state index is 5.64. The molecule has 11 heavy (non-hydrogen) atoms. The molecule has 0 aromatic carbocycles. The van der Waals surface area contributed by atoms with Gasteiger partial charge in [0.25, 0.3) is 0 Å². The second kappa shape index (κ2) is 4.07. The minimum Gasteiger partial charge on any atom is -0.327 e. The van der Waals surface area contributed by atoms with Crippen molar-refractivity contribution in [1.29, 1.82) is 0 Å². The molecule has 0 spiro atoms. The van der Waals surface area contributed by atoms with Gasteiger partial charge in [0.05, 0.1) is 0 Å². The molecule has 2 unspecified atom stereocenters. The van der Waals surface area contributed by atoms with Crippen LogP contribution in [0.3, 0.4) is 0 Å². The predicted octanol–water partition coefficient (Wildman–Crippen LogP) is 1.11. The summed E-state index contributed by atoms with van der Waals surface area (Å²) in [5, 5.41) is 3.49. The molecule has 66 valence electrons. The molecule has 0 amide bonds. The van der Waals surface area contributed by atoms with Gasteiger partial charge in [-0.2, -0.15) is 0 Å². The first-order valence-electron chi connectivity index (χ1n) is 4.67. The Labute approximate surface area is 69.5 Å². The number of hydrogen-bond acceptors (Lipinski definition) is 2. The fraction of sp³-hybridized carbons (Fsp3) is 1.00. The monoisotopic (exact) mass is 156 g/mol. The smallest absolute Gasteiger partial charge is 0.0136 e. The molecule has 0 aromatic heterocycles. The lowest BCUT2D eigenvalue weighted by Crippen LogP contribution is -2.36. The van der Waals surface area contributed by atoms with E-state index in [-0.39, 0.29) is 0 Å². The average molecular weight is 156 g/mol. The van der Waals surface area contributed by atoms with Crippen LogP contribution in [0.4, 0.5) is 0 Å². The summed E-state index contributed by atoms with van der Waals surface area (Å²) in [6.45, 7) is 5.34. The molecule has 1 aliphatic carbocycles. The Bertz CT molecular complexity index is 112. The van der Waals surface area contributed by atoms with Gasteiger partial charge in [0, 0.05) is 18.6 Å². The summed E-state index contributed by atoms with van der Waals surface area (Å²) in [5.41, 5.74) is 5.64. The Morgan fingerprint density at radius 1 is 1.55 bits per heavy atom. The Morgan fingerprint density at radius 3 is 2.73 bits per heavy atom. The van der Waals surface area contributed by atoms with E-state index in [4.69, 9.17) is 5.73 Å². The third-order valence-corrected chi connectivity index (χ3v) is 2.42. The van der Waals surface area contributed by atoms with Gasteiger partial charge in [-0.05, 0) is 32.1 Å². The lowest BCUT2D eigenvalue weighted by atomic mass is 10.1. The third-order valence-electron chi connectivity index (χ3n) is 2.42. The maximum Gasteiger partial charge on any atom is 0.0136 e. The van der Waals surface area contributed by atoms with Gasteiger partial charge < -0.3 is 11.1 Å². The summed E-state index contributed by atoms with van der Waals surface area (Å²) in [6.07, 6.45) is 4.07. The molecule has 0 saturated heterocycles. The summed E-state index contributed by atoms with van der Waals surface area (Å²) >= 11 is 0. The molecule has 0 radical (unpaired) electrons. The lowest BCUT2D eigenvalue weighted by Gasteiger charge is -2.13. The molecule has 3 atom stereocenters. The van der Waals surface area contributed by atoms with Gasteiger partial charge in [-0.1, -0.05) is 6.92 Å². The van der Waals surface area contributed by atoms with Gasteiger partial charge in [0.2, 0.25) is 0 Å². The Balaban J connectivity index is 2.08. The van der Waals surface area contributed by atoms with Crippen LogP contribution in [0.1, 0.15) is 33.1 Å². The fourth-order valence-corrected chi connectivity index (χ4v) is 1.75. The van der Waals surface area contributed by atoms with Crippen molar-refractivity contribution in [2.75, 3.05) is 6.54 Å². The van der Waals surface area contributed by atoms with Crippen molar-refractivity contribution in [3.05, 3.63) is 0 Å². The van der Waals surface area contributed by atoms with Crippen molar-refractivity contribution >= 4 is 0 Å². The van der Waals surface area contributed by atoms with Crippen molar-refractivity contribution < 1.29 is 0 Å². The van der Waals surface area contributed by atoms with Crippen LogP contribution >= 0.6 is 0 Å². The number of nitrogens with two attached hydrogens (primary N) is 1. The Kier molecular flexibility index (Phi) is 3.34. The second-order valence-corrected chi connectivity index (χ2v) is 4.00. The normalized spacial score (nSPS) is 34.1. The van der Waals surface area contributed by atoms with Gasteiger partial charge in [0.15, 0.2) is 0 Å². The summed E-state index contributed by atoms with van der Waals surface area (Å²) in [6, 6.07) is 1.04. The van der Waals surface area contributed by atoms with E-state index in [1.165, 1.54) is 19.3 Å². The van der Waals surface area contributed by atoms with E-state index in [0.29, 0.717) is 6.04 Å². The van der Waals surface area contributed by atoms with Crippen LogP contribution in [0.15, 0.2) is 0 Å². The van der Waals surface area contributed by atoms with Gasteiger partial charge in [0.1, 0.15) is 0 Å². The molecule has 2 nitrogen and oxygen atoms in total. The van der Waals surface area contributed by atoms with Crippen molar-refractivity contribution in [2.24, 2.45) is 11.7 Å². The molecule has 0 aromatic rings. The van der Waals surface area contributed by atoms with Crippen LogP contribution in [0.5, 0.6) is 0 Å². The lowest BCUT2D eigenvalue weighted by molar-refractivity contribution is 0.482. The first kappa shape index (κ1) is 9.01. The summed E-state index contributed by atoms with van der Waals surface area (Å²) in [5.74, 6) is 0.917. The van der Waals surface area contributed by atoms with E-state index in [0.717, 1.165) is 18.5 Å². The van der Waals surface area contributed by atoms with Crippen LogP contribution in [0.2, 0.25) is 0 Å². The molecule has 1 fully saturated rings. The van der Waals surface area contributed by atoms with Crippen molar-refractivity contribution in [3.63, 3.8) is 0 Å². The molecular formula is C9H20N2. The quantitative estimate of drug-likeness (QED) is 0.642. The Hall–Kier alpha value is -0.0800. The van der Waals surface area contributed by atoms with E-state index < -0.39 is 0 Å². The zero-order chi connectivity index (χ0) is 8.27. The molecule has 2 heteroatoms. The maximum absolute atomic E-state index is 5.64. The van der Waals surface area contributed by atoms with E-state index in [1.807, 2.05) is 6.92 Å². The van der Waals surface area contributed by atoms with Crippen molar-refractivity contribution in [1.82, 2.24) is 5.32 Å². The first-order valence-corrected chi connectivity index (χ1v) is 4.67. The predicted molar refractivity (Wildman–Crippen MR) is 48.5 cm³/mol. The number of nitrogens with one attached hydrogen (secondary N) is 1. The molecule has 0 bridgehead atoms. The number of rotatable bonds is 3. The first-order chi connectivity index (χ1) is 5.18. The molecule has 1 saturated carbocycles. The van der Waals surface area contributed by atoms with Crippen LogP contribution in [-0.4, -0.2) is 18.6 Å². The highest BCUT2D eigenvalue weighted by Crippen LogP contribution is 2.24. The van der Waals surface area contributed by atoms with Gasteiger partial charge in [-0.3, -0.25) is 0 Å². The molecule has 1 rings (SSSR count). The molecule has 0 aliphatic heterocycles. The zero-order valence-electron chi connectivity index (χ0n) is 7.64. The zero-order valence-corrected chi connectivity index (χ0v) is 7.64. The largest absolute Gasteiger partial charge is 0.327 e. The van der Waals surface area contributed by atoms with Gasteiger partial charge >= 0.3 is 0 Å². The SMILES string of the molecule is CC1CCC(NC[C@@H](C)N)C1. The standard InChI is InChI=1S/C9H20N2/c1-7-3-4-9(5-7)11-6-8(2)10/h7-9,11H,3-6,10H2,1-2H3/t7?,8-,9?/m1/s1. The molecular weight excluding hydrogens is 136 g/mol. The number of hydrogen-bond donors (Lipinski definition) is 2. The van der Waals surface area contributed by atoms with Gasteiger partial charge in [-0.25, -0.2) is 0 Å². The van der Waals surface area contributed by atoms with Crippen molar-refractivity contribution in [3.8, 4) is 0 Å². The van der Waals surface area contributed by atoms with E-state index in [9.17, 15) is 0 Å². The highest BCUT2D eigenvalue weighted by molar-refractivity contribution is 4.78. The van der Waals surface area contributed by atoms with E-state index in [1.54, 1.807) is 0 Å². The molecule has 0 heterocycles. The van der Waals surface area contributed by atoms with Crippen LogP contribution in [0, 0.1) is 5.92 Å². The van der Waals surface area contributed by atoms with Gasteiger partial charge in [-0.15, -0.1) is 0 Å². The highest BCUT2D eigenvalue weighted by Gasteiger charge is 2.20. The highest BCUT2D eigenvalue weighted by atomic mass is 14.9. The van der Waals surface area contributed by atoms with Crippen LogP contribution in [-0.2, 0) is 0 Å². The second-order valence-electron chi connectivity index (χ2n) is 4.00.